The molecule has 0 spiro atoms. The zero-order valence-corrected chi connectivity index (χ0v) is 10.2. The Morgan fingerprint density at radius 1 is 1.41 bits per heavy atom. The summed E-state index contributed by atoms with van der Waals surface area (Å²) in [6.45, 7) is 0. The molecule has 88 valence electrons. The van der Waals surface area contributed by atoms with Crippen LogP contribution in [0.1, 0.15) is 10.6 Å². The van der Waals surface area contributed by atoms with E-state index in [2.05, 4.69) is 9.89 Å². The van der Waals surface area contributed by atoms with Crippen LogP contribution in [0.4, 0.5) is 0 Å². The second-order valence-corrected chi connectivity index (χ2v) is 3.95. The van der Waals surface area contributed by atoms with E-state index in [0.29, 0.717) is 21.3 Å². The van der Waals surface area contributed by atoms with Gasteiger partial charge in [0.2, 0.25) is 5.76 Å². The predicted octanol–water partition coefficient (Wildman–Crippen LogP) is 3.44. The molecule has 0 saturated heterocycles. The normalized spacial score (nSPS) is 10.3. The molecule has 0 saturated carbocycles. The van der Waals surface area contributed by atoms with E-state index in [1.807, 2.05) is 0 Å². The van der Waals surface area contributed by atoms with Crippen LogP contribution in [-0.4, -0.2) is 18.2 Å². The third-order valence-electron chi connectivity index (χ3n) is 2.12. The van der Waals surface area contributed by atoms with E-state index in [9.17, 15) is 4.79 Å². The van der Waals surface area contributed by atoms with Crippen LogP contribution in [-0.2, 0) is 4.74 Å². The van der Waals surface area contributed by atoms with Crippen molar-refractivity contribution >= 4 is 29.2 Å². The Bertz CT molecular complexity index is 566. The number of hydrogen-bond donors (Lipinski definition) is 0. The Balaban J connectivity index is 2.44. The van der Waals surface area contributed by atoms with Gasteiger partial charge in [-0.2, -0.15) is 0 Å². The lowest BCUT2D eigenvalue weighted by Crippen LogP contribution is -1.98. The molecule has 0 N–H and O–H groups in total. The van der Waals surface area contributed by atoms with Gasteiger partial charge in [0.15, 0.2) is 0 Å². The number of carbonyl (C=O) groups is 1. The summed E-state index contributed by atoms with van der Waals surface area (Å²) in [5.74, 6) is -0.583. The van der Waals surface area contributed by atoms with Crippen molar-refractivity contribution in [1.82, 2.24) is 5.16 Å². The molecule has 0 bridgehead atoms. The topological polar surface area (TPSA) is 52.3 Å². The SMILES string of the molecule is COC(=O)c1cc(-c2cccc(Cl)c2Cl)no1. The number of rotatable bonds is 2. The van der Waals surface area contributed by atoms with Crippen molar-refractivity contribution in [3.63, 3.8) is 0 Å². The minimum absolute atomic E-state index is 0.0125. The number of ether oxygens (including phenoxy) is 1. The summed E-state index contributed by atoms with van der Waals surface area (Å²) in [5, 5.41) is 4.51. The van der Waals surface area contributed by atoms with Crippen LogP contribution in [0.3, 0.4) is 0 Å². The molecule has 0 aliphatic heterocycles. The van der Waals surface area contributed by atoms with Gasteiger partial charge in [-0.25, -0.2) is 4.79 Å². The lowest BCUT2D eigenvalue weighted by atomic mass is 10.1. The van der Waals surface area contributed by atoms with Gasteiger partial charge in [0, 0.05) is 11.6 Å². The van der Waals surface area contributed by atoms with E-state index in [-0.39, 0.29) is 5.76 Å². The molecule has 0 radical (unpaired) electrons. The first-order valence-corrected chi connectivity index (χ1v) is 5.38. The molecule has 0 unspecified atom stereocenters. The maximum atomic E-state index is 11.2. The van der Waals surface area contributed by atoms with E-state index in [1.54, 1.807) is 18.2 Å². The van der Waals surface area contributed by atoms with Gasteiger partial charge >= 0.3 is 5.97 Å². The second-order valence-electron chi connectivity index (χ2n) is 3.17. The minimum Gasteiger partial charge on any atom is -0.463 e. The van der Waals surface area contributed by atoms with Gasteiger partial charge in [-0.15, -0.1) is 0 Å². The smallest absolute Gasteiger partial charge is 0.376 e. The summed E-state index contributed by atoms with van der Waals surface area (Å²) in [6.07, 6.45) is 0. The second kappa shape index (κ2) is 4.77. The number of nitrogens with zero attached hydrogens (tertiary/aromatic N) is 1. The van der Waals surface area contributed by atoms with Gasteiger partial charge in [0.05, 0.1) is 17.2 Å². The fourth-order valence-corrected chi connectivity index (χ4v) is 1.70. The Hall–Kier alpha value is -1.52. The average molecular weight is 272 g/mol. The van der Waals surface area contributed by atoms with Gasteiger partial charge in [-0.1, -0.05) is 40.5 Å². The number of hydrogen-bond acceptors (Lipinski definition) is 4. The standard InChI is InChI=1S/C11H7Cl2NO3/c1-16-11(15)9-5-8(14-17-9)6-3-2-4-7(12)10(6)13/h2-5H,1H3. The third kappa shape index (κ3) is 2.28. The third-order valence-corrected chi connectivity index (χ3v) is 2.94. The molecule has 0 amide bonds. The van der Waals surface area contributed by atoms with Gasteiger partial charge in [-0.3, -0.25) is 0 Å². The summed E-state index contributed by atoms with van der Waals surface area (Å²) in [4.78, 5) is 11.2. The summed E-state index contributed by atoms with van der Waals surface area (Å²) < 4.78 is 9.35. The van der Waals surface area contributed by atoms with Crippen LogP contribution in [0.5, 0.6) is 0 Å². The van der Waals surface area contributed by atoms with E-state index in [4.69, 9.17) is 27.7 Å². The maximum absolute atomic E-state index is 11.2. The highest BCUT2D eigenvalue weighted by Crippen LogP contribution is 2.32. The molecule has 0 atom stereocenters. The number of halogens is 2. The zero-order valence-electron chi connectivity index (χ0n) is 8.74. The van der Waals surface area contributed by atoms with Crippen molar-refractivity contribution in [2.45, 2.75) is 0 Å². The Kier molecular flexibility index (Phi) is 3.36. The maximum Gasteiger partial charge on any atom is 0.376 e. The van der Waals surface area contributed by atoms with Crippen molar-refractivity contribution in [2.24, 2.45) is 0 Å². The van der Waals surface area contributed by atoms with Gasteiger partial charge in [0.25, 0.3) is 0 Å². The quantitative estimate of drug-likeness (QED) is 0.786. The monoisotopic (exact) mass is 271 g/mol. The summed E-state index contributed by atoms with van der Waals surface area (Å²) in [5.41, 5.74) is 1.02. The van der Waals surface area contributed by atoms with E-state index >= 15 is 0 Å². The van der Waals surface area contributed by atoms with Gasteiger partial charge in [0.1, 0.15) is 5.69 Å². The van der Waals surface area contributed by atoms with Crippen LogP contribution in [0.2, 0.25) is 10.0 Å². The van der Waals surface area contributed by atoms with Crippen LogP contribution < -0.4 is 0 Å². The van der Waals surface area contributed by atoms with E-state index in [1.165, 1.54) is 13.2 Å². The molecule has 1 aromatic heterocycles. The molecule has 17 heavy (non-hydrogen) atoms. The van der Waals surface area contributed by atoms with Crippen molar-refractivity contribution < 1.29 is 14.1 Å². The molecular weight excluding hydrogens is 265 g/mol. The summed E-state index contributed by atoms with van der Waals surface area (Å²) >= 11 is 11.9. The summed E-state index contributed by atoms with van der Waals surface area (Å²) in [6, 6.07) is 6.57. The molecule has 0 aliphatic carbocycles. The molecule has 2 rings (SSSR count). The fourth-order valence-electron chi connectivity index (χ4n) is 1.30. The molecule has 0 aliphatic rings. The molecule has 0 fully saturated rings. The van der Waals surface area contributed by atoms with E-state index in [0.717, 1.165) is 0 Å². The number of carbonyl (C=O) groups excluding carboxylic acids is 1. The lowest BCUT2D eigenvalue weighted by molar-refractivity contribution is 0.0554. The van der Waals surface area contributed by atoms with Crippen LogP contribution in [0.25, 0.3) is 11.3 Å². The number of benzene rings is 1. The fraction of sp³-hybridized carbons (Fsp3) is 0.0909. The Morgan fingerprint density at radius 3 is 2.88 bits per heavy atom. The predicted molar refractivity (Wildman–Crippen MR) is 63.3 cm³/mol. The Labute approximate surface area is 107 Å². The highest BCUT2D eigenvalue weighted by atomic mass is 35.5. The number of esters is 1. The number of methoxy groups -OCH3 is 1. The highest BCUT2D eigenvalue weighted by molar-refractivity contribution is 6.43. The Morgan fingerprint density at radius 2 is 2.18 bits per heavy atom. The summed E-state index contributed by atoms with van der Waals surface area (Å²) in [7, 11) is 1.26. The van der Waals surface area contributed by atoms with Crippen molar-refractivity contribution in [3.05, 3.63) is 40.1 Å². The first kappa shape index (κ1) is 12.0. The molecular formula is C11H7Cl2NO3. The van der Waals surface area contributed by atoms with Crippen LogP contribution in [0, 0.1) is 0 Å². The molecule has 4 nitrogen and oxygen atoms in total. The minimum atomic E-state index is -0.595. The number of aromatic nitrogens is 1. The lowest BCUT2D eigenvalue weighted by Gasteiger charge is -2.00. The van der Waals surface area contributed by atoms with Gasteiger partial charge < -0.3 is 9.26 Å². The van der Waals surface area contributed by atoms with Crippen LogP contribution >= 0.6 is 23.2 Å². The molecule has 2 aromatic rings. The first-order valence-electron chi connectivity index (χ1n) is 4.63. The zero-order chi connectivity index (χ0) is 12.4. The molecule has 1 aromatic carbocycles. The van der Waals surface area contributed by atoms with Crippen molar-refractivity contribution in [1.29, 1.82) is 0 Å². The molecule has 6 heteroatoms. The first-order chi connectivity index (χ1) is 8.13. The van der Waals surface area contributed by atoms with Gasteiger partial charge in [-0.05, 0) is 6.07 Å². The van der Waals surface area contributed by atoms with Crippen molar-refractivity contribution in [3.8, 4) is 11.3 Å². The van der Waals surface area contributed by atoms with E-state index < -0.39 is 5.97 Å². The van der Waals surface area contributed by atoms with Crippen molar-refractivity contribution in [2.75, 3.05) is 7.11 Å². The molecule has 1 heterocycles. The van der Waals surface area contributed by atoms with Crippen LogP contribution in [0.15, 0.2) is 28.8 Å². The highest BCUT2D eigenvalue weighted by Gasteiger charge is 2.16. The average Bonchev–Trinajstić information content (AvgIpc) is 2.81. The largest absolute Gasteiger partial charge is 0.463 e.